The van der Waals surface area contributed by atoms with Crippen molar-refractivity contribution in [2.24, 2.45) is 0 Å². The van der Waals surface area contributed by atoms with E-state index in [0.717, 1.165) is 12.8 Å². The average molecular weight is 461 g/mol. The Bertz CT molecular complexity index is 1110. The highest BCUT2D eigenvalue weighted by Gasteiger charge is 2.28. The van der Waals surface area contributed by atoms with Gasteiger partial charge in [0.2, 0.25) is 10.0 Å². The first-order valence-corrected chi connectivity index (χ1v) is 12.0. The van der Waals surface area contributed by atoms with E-state index in [1.54, 1.807) is 0 Å². The lowest BCUT2D eigenvalue weighted by molar-refractivity contribution is 0.414. The summed E-state index contributed by atoms with van der Waals surface area (Å²) in [6.45, 7) is 0.888. The van der Waals surface area contributed by atoms with Crippen LogP contribution in [0.25, 0.3) is 0 Å². The summed E-state index contributed by atoms with van der Waals surface area (Å²) in [6, 6.07) is 8.10. The van der Waals surface area contributed by atoms with Crippen LogP contribution < -0.4 is 14.2 Å². The highest BCUT2D eigenvalue weighted by Crippen LogP contribution is 2.33. The van der Waals surface area contributed by atoms with Crippen LogP contribution in [0.5, 0.6) is 11.5 Å². The molecule has 3 rings (SSSR count). The number of sulfonamides is 2. The maximum atomic E-state index is 12.8. The Hall–Kier alpha value is -2.01. The molecular formula is C18H21ClN2O6S2. The van der Waals surface area contributed by atoms with E-state index < -0.39 is 20.0 Å². The predicted octanol–water partition coefficient (Wildman–Crippen LogP) is 2.94. The van der Waals surface area contributed by atoms with Gasteiger partial charge in [-0.1, -0.05) is 11.6 Å². The predicted molar refractivity (Wildman–Crippen MR) is 110 cm³/mol. The van der Waals surface area contributed by atoms with Crippen LogP contribution in [0.3, 0.4) is 0 Å². The third kappa shape index (κ3) is 4.45. The van der Waals surface area contributed by atoms with Crippen molar-refractivity contribution in [3.05, 3.63) is 41.4 Å². The van der Waals surface area contributed by atoms with Crippen molar-refractivity contribution in [3.63, 3.8) is 0 Å². The summed E-state index contributed by atoms with van der Waals surface area (Å²) in [6.07, 6.45) is 1.60. The van der Waals surface area contributed by atoms with Crippen LogP contribution in [-0.4, -0.2) is 48.4 Å². The fraction of sp³-hybridized carbons (Fsp3) is 0.333. The number of hydrogen-bond acceptors (Lipinski definition) is 6. The molecule has 0 aliphatic carbocycles. The third-order valence-electron chi connectivity index (χ3n) is 4.55. The Morgan fingerprint density at radius 1 is 0.897 bits per heavy atom. The molecule has 0 atom stereocenters. The van der Waals surface area contributed by atoms with Crippen molar-refractivity contribution >= 4 is 37.3 Å². The monoisotopic (exact) mass is 460 g/mol. The summed E-state index contributed by atoms with van der Waals surface area (Å²) in [5, 5.41) is 0.132. The fourth-order valence-electron chi connectivity index (χ4n) is 3.02. The first-order chi connectivity index (χ1) is 13.7. The molecule has 158 valence electrons. The topological polar surface area (TPSA) is 102 Å². The molecule has 1 aliphatic rings. The standard InChI is InChI=1S/C18H21ClN2O6S2/c1-26-17-7-5-13(11-15(17)19)28(22,23)20-16-12-14(6-8-18(16)27-2)29(24,25)21-9-3-4-10-21/h5-8,11-12,20H,3-4,9-10H2,1-2H3. The van der Waals surface area contributed by atoms with E-state index >= 15 is 0 Å². The number of nitrogens with zero attached hydrogens (tertiary/aromatic N) is 1. The Morgan fingerprint density at radius 3 is 2.07 bits per heavy atom. The Labute approximate surface area is 175 Å². The van der Waals surface area contributed by atoms with Gasteiger partial charge in [0.15, 0.2) is 0 Å². The summed E-state index contributed by atoms with van der Waals surface area (Å²) in [5.74, 6) is 0.524. The second kappa shape index (κ2) is 8.39. The van der Waals surface area contributed by atoms with Gasteiger partial charge in [0, 0.05) is 13.1 Å². The van der Waals surface area contributed by atoms with Gasteiger partial charge in [-0.3, -0.25) is 4.72 Å². The smallest absolute Gasteiger partial charge is 0.262 e. The molecule has 0 unspecified atom stereocenters. The Balaban J connectivity index is 1.98. The van der Waals surface area contributed by atoms with Gasteiger partial charge >= 0.3 is 0 Å². The average Bonchev–Trinajstić information content (AvgIpc) is 3.23. The van der Waals surface area contributed by atoms with Crippen molar-refractivity contribution in [2.45, 2.75) is 22.6 Å². The zero-order chi connectivity index (χ0) is 21.2. The molecule has 1 N–H and O–H groups in total. The van der Waals surface area contributed by atoms with E-state index in [9.17, 15) is 16.8 Å². The molecule has 2 aromatic carbocycles. The minimum atomic E-state index is -4.05. The summed E-state index contributed by atoms with van der Waals surface area (Å²) >= 11 is 6.03. The van der Waals surface area contributed by atoms with Crippen LogP contribution in [0, 0.1) is 0 Å². The van der Waals surface area contributed by atoms with Crippen LogP contribution in [0.4, 0.5) is 5.69 Å². The van der Waals surface area contributed by atoms with Crippen LogP contribution in [0.2, 0.25) is 5.02 Å². The van der Waals surface area contributed by atoms with E-state index in [4.69, 9.17) is 21.1 Å². The number of ether oxygens (including phenoxy) is 2. The van der Waals surface area contributed by atoms with Crippen LogP contribution in [-0.2, 0) is 20.0 Å². The molecule has 0 spiro atoms. The molecule has 1 heterocycles. The number of hydrogen-bond donors (Lipinski definition) is 1. The number of methoxy groups -OCH3 is 2. The van der Waals surface area contributed by atoms with Gasteiger partial charge in [-0.05, 0) is 49.2 Å². The molecule has 0 amide bonds. The largest absolute Gasteiger partial charge is 0.495 e. The molecule has 1 fully saturated rings. The minimum absolute atomic E-state index is 0.00865. The fourth-order valence-corrected chi connectivity index (χ4v) is 5.98. The molecule has 1 aliphatic heterocycles. The summed E-state index contributed by atoms with van der Waals surface area (Å²) in [5.41, 5.74) is 0.0136. The molecule has 11 heteroatoms. The number of benzene rings is 2. The van der Waals surface area contributed by atoms with E-state index in [0.29, 0.717) is 18.8 Å². The van der Waals surface area contributed by atoms with Crippen molar-refractivity contribution in [1.29, 1.82) is 0 Å². The van der Waals surface area contributed by atoms with Crippen molar-refractivity contribution in [3.8, 4) is 11.5 Å². The normalized spacial score (nSPS) is 15.3. The Kier molecular flexibility index (Phi) is 6.27. The van der Waals surface area contributed by atoms with Crippen LogP contribution in [0.15, 0.2) is 46.2 Å². The summed E-state index contributed by atoms with van der Waals surface area (Å²) < 4.78 is 65.3. The zero-order valence-electron chi connectivity index (χ0n) is 15.9. The molecule has 1 saturated heterocycles. The lowest BCUT2D eigenvalue weighted by Crippen LogP contribution is -2.28. The zero-order valence-corrected chi connectivity index (χ0v) is 18.3. The van der Waals surface area contributed by atoms with Crippen LogP contribution >= 0.6 is 11.6 Å². The maximum Gasteiger partial charge on any atom is 0.262 e. The lowest BCUT2D eigenvalue weighted by atomic mass is 10.3. The number of nitrogens with one attached hydrogen (secondary N) is 1. The van der Waals surface area contributed by atoms with Gasteiger partial charge in [-0.15, -0.1) is 0 Å². The lowest BCUT2D eigenvalue weighted by Gasteiger charge is -2.18. The van der Waals surface area contributed by atoms with Gasteiger partial charge in [-0.25, -0.2) is 16.8 Å². The maximum absolute atomic E-state index is 12.8. The molecule has 0 saturated carbocycles. The number of halogens is 1. The molecule has 0 aromatic heterocycles. The van der Waals surface area contributed by atoms with Crippen LogP contribution in [0.1, 0.15) is 12.8 Å². The third-order valence-corrected chi connectivity index (χ3v) is 8.10. The molecule has 0 radical (unpaired) electrons. The second-order valence-electron chi connectivity index (χ2n) is 6.38. The van der Waals surface area contributed by atoms with E-state index in [-0.39, 0.29) is 26.3 Å². The molecular weight excluding hydrogens is 440 g/mol. The van der Waals surface area contributed by atoms with Crippen molar-refractivity contribution in [1.82, 2.24) is 4.31 Å². The van der Waals surface area contributed by atoms with Gasteiger partial charge in [0.25, 0.3) is 10.0 Å². The molecule has 2 aromatic rings. The highest BCUT2D eigenvalue weighted by atomic mass is 35.5. The first-order valence-electron chi connectivity index (χ1n) is 8.73. The highest BCUT2D eigenvalue weighted by molar-refractivity contribution is 7.92. The Morgan fingerprint density at radius 2 is 1.48 bits per heavy atom. The summed E-state index contributed by atoms with van der Waals surface area (Å²) in [7, 11) is -4.98. The van der Waals surface area contributed by atoms with Gasteiger partial charge < -0.3 is 9.47 Å². The van der Waals surface area contributed by atoms with Crippen molar-refractivity contribution in [2.75, 3.05) is 32.0 Å². The van der Waals surface area contributed by atoms with Gasteiger partial charge in [-0.2, -0.15) is 4.31 Å². The van der Waals surface area contributed by atoms with E-state index in [2.05, 4.69) is 4.72 Å². The SMILES string of the molecule is COc1ccc(S(=O)(=O)Nc2cc(S(=O)(=O)N3CCCC3)ccc2OC)cc1Cl. The number of rotatable bonds is 7. The molecule has 0 bridgehead atoms. The second-order valence-corrected chi connectivity index (χ2v) is 10.4. The minimum Gasteiger partial charge on any atom is -0.495 e. The van der Waals surface area contributed by atoms with Gasteiger partial charge in [0.1, 0.15) is 11.5 Å². The first kappa shape index (κ1) is 21.7. The van der Waals surface area contributed by atoms with E-state index in [1.165, 1.54) is 54.9 Å². The summed E-state index contributed by atoms with van der Waals surface area (Å²) in [4.78, 5) is -0.108. The van der Waals surface area contributed by atoms with Gasteiger partial charge in [0.05, 0.1) is 34.7 Å². The van der Waals surface area contributed by atoms with Crippen molar-refractivity contribution < 1.29 is 26.3 Å². The number of anilines is 1. The molecule has 8 nitrogen and oxygen atoms in total. The molecule has 29 heavy (non-hydrogen) atoms. The van der Waals surface area contributed by atoms with E-state index in [1.807, 2.05) is 0 Å². The quantitative estimate of drug-likeness (QED) is 0.681.